The number of carbonyl (C=O) groups is 4. The van der Waals surface area contributed by atoms with Crippen molar-refractivity contribution in [2.45, 2.75) is 25.8 Å². The van der Waals surface area contributed by atoms with Gasteiger partial charge in [0.05, 0.1) is 12.0 Å². The van der Waals surface area contributed by atoms with Crippen molar-refractivity contribution in [2.75, 3.05) is 11.5 Å². The minimum absolute atomic E-state index is 0.0720. The van der Waals surface area contributed by atoms with E-state index in [1.165, 1.54) is 11.3 Å². The number of thiophene rings is 1. The molecule has 2 atom stereocenters. The summed E-state index contributed by atoms with van der Waals surface area (Å²) in [7, 11) is 1.69. The van der Waals surface area contributed by atoms with Crippen LogP contribution in [0.1, 0.15) is 39.8 Å². The van der Waals surface area contributed by atoms with Gasteiger partial charge >= 0.3 is 5.97 Å². The average Bonchev–Trinajstić information content (AvgIpc) is 3.50. The largest absolute Gasteiger partial charge is 0.455 e. The standard InChI is InChI=1S/C25H25N3O5S/c1-16-7-9-17(10-8-16)28-22(30)12-11-18(23(28)20-6-4-14-34-20)25(32)33-15-21(29)26-24(31)19-5-3-13-27(19)2/h3-10,13-14,18,23H,11-12,15H2,1-2H3,(H,26,29,31). The lowest BCUT2D eigenvalue weighted by Gasteiger charge is -2.39. The highest BCUT2D eigenvalue weighted by molar-refractivity contribution is 7.10. The van der Waals surface area contributed by atoms with Crippen LogP contribution >= 0.6 is 11.3 Å². The third kappa shape index (κ3) is 4.94. The first kappa shape index (κ1) is 23.4. The molecular weight excluding hydrogens is 454 g/mol. The van der Waals surface area contributed by atoms with E-state index in [1.54, 1.807) is 34.8 Å². The molecule has 1 N–H and O–H groups in total. The number of anilines is 1. The van der Waals surface area contributed by atoms with Crippen LogP contribution in [0.5, 0.6) is 0 Å². The second kappa shape index (κ2) is 10.0. The van der Waals surface area contributed by atoms with E-state index < -0.39 is 36.4 Å². The minimum Gasteiger partial charge on any atom is -0.455 e. The molecule has 2 aromatic heterocycles. The molecule has 176 valence electrons. The van der Waals surface area contributed by atoms with Crippen LogP contribution in [0.25, 0.3) is 0 Å². The SMILES string of the molecule is Cc1ccc(N2C(=O)CCC(C(=O)OCC(=O)NC(=O)c3cccn3C)C2c2cccs2)cc1. The minimum atomic E-state index is -0.713. The number of imide groups is 1. The smallest absolute Gasteiger partial charge is 0.311 e. The van der Waals surface area contributed by atoms with E-state index in [9.17, 15) is 19.2 Å². The van der Waals surface area contributed by atoms with E-state index in [0.29, 0.717) is 17.8 Å². The van der Waals surface area contributed by atoms with Crippen LogP contribution < -0.4 is 10.2 Å². The average molecular weight is 480 g/mol. The van der Waals surface area contributed by atoms with Gasteiger partial charge in [-0.3, -0.25) is 24.5 Å². The summed E-state index contributed by atoms with van der Waals surface area (Å²) in [6, 6.07) is 14.1. The van der Waals surface area contributed by atoms with Gasteiger partial charge in [-0.05, 0) is 49.1 Å². The van der Waals surface area contributed by atoms with Crippen molar-refractivity contribution >= 4 is 40.7 Å². The van der Waals surface area contributed by atoms with Gasteiger partial charge in [0, 0.05) is 30.2 Å². The molecule has 1 fully saturated rings. The van der Waals surface area contributed by atoms with Gasteiger partial charge in [-0.2, -0.15) is 0 Å². The molecule has 1 aliphatic heterocycles. The van der Waals surface area contributed by atoms with Crippen molar-refractivity contribution < 1.29 is 23.9 Å². The molecule has 3 heterocycles. The molecule has 1 saturated heterocycles. The molecule has 8 nitrogen and oxygen atoms in total. The highest BCUT2D eigenvalue weighted by Crippen LogP contribution is 2.42. The summed E-state index contributed by atoms with van der Waals surface area (Å²) in [4.78, 5) is 53.0. The topological polar surface area (TPSA) is 97.7 Å². The predicted octanol–water partition coefficient (Wildman–Crippen LogP) is 3.38. The molecular formula is C25H25N3O5S. The molecule has 9 heteroatoms. The molecule has 3 aromatic rings. The lowest BCUT2D eigenvalue weighted by Crippen LogP contribution is -2.46. The van der Waals surface area contributed by atoms with E-state index in [1.807, 2.05) is 48.7 Å². The number of ether oxygens (including phenoxy) is 1. The van der Waals surface area contributed by atoms with E-state index in [4.69, 9.17) is 4.74 Å². The van der Waals surface area contributed by atoms with Crippen molar-refractivity contribution in [3.63, 3.8) is 0 Å². The van der Waals surface area contributed by atoms with Gasteiger partial charge in [0.25, 0.3) is 11.8 Å². The molecule has 0 saturated carbocycles. The van der Waals surface area contributed by atoms with Crippen molar-refractivity contribution in [1.29, 1.82) is 0 Å². The Labute approximate surface area is 201 Å². The van der Waals surface area contributed by atoms with Gasteiger partial charge in [-0.15, -0.1) is 11.3 Å². The summed E-state index contributed by atoms with van der Waals surface area (Å²) in [6.45, 7) is 1.38. The summed E-state index contributed by atoms with van der Waals surface area (Å²) in [5.74, 6) is -2.58. The number of nitrogens with zero attached hydrogens (tertiary/aromatic N) is 2. The van der Waals surface area contributed by atoms with Gasteiger partial charge in [0.2, 0.25) is 5.91 Å². The summed E-state index contributed by atoms with van der Waals surface area (Å²) >= 11 is 1.46. The normalized spacial score (nSPS) is 17.9. The monoisotopic (exact) mass is 479 g/mol. The lowest BCUT2D eigenvalue weighted by atomic mass is 9.87. The van der Waals surface area contributed by atoms with Gasteiger partial charge in [-0.1, -0.05) is 23.8 Å². The summed E-state index contributed by atoms with van der Waals surface area (Å²) in [5.41, 5.74) is 2.09. The zero-order chi connectivity index (χ0) is 24.2. The summed E-state index contributed by atoms with van der Waals surface area (Å²) in [6.07, 6.45) is 2.19. The molecule has 1 aliphatic rings. The van der Waals surface area contributed by atoms with Crippen LogP contribution in [-0.2, 0) is 26.2 Å². The van der Waals surface area contributed by atoms with Crippen LogP contribution in [0.4, 0.5) is 5.69 Å². The Morgan fingerprint density at radius 2 is 1.88 bits per heavy atom. The Kier molecular flexibility index (Phi) is 6.93. The van der Waals surface area contributed by atoms with Crippen molar-refractivity contribution in [1.82, 2.24) is 9.88 Å². The fourth-order valence-electron chi connectivity index (χ4n) is 4.10. The van der Waals surface area contributed by atoms with Crippen molar-refractivity contribution in [3.05, 3.63) is 76.2 Å². The Morgan fingerprint density at radius 1 is 1.12 bits per heavy atom. The number of hydrogen-bond acceptors (Lipinski definition) is 6. The number of rotatable bonds is 6. The Bertz CT molecular complexity index is 1200. The summed E-state index contributed by atoms with van der Waals surface area (Å²) in [5, 5.41) is 4.12. The second-order valence-corrected chi connectivity index (χ2v) is 9.17. The van der Waals surface area contributed by atoms with Crippen LogP contribution in [0, 0.1) is 12.8 Å². The first-order chi connectivity index (χ1) is 16.3. The van der Waals surface area contributed by atoms with Gasteiger partial charge in [0.1, 0.15) is 5.69 Å². The van der Waals surface area contributed by atoms with E-state index in [-0.39, 0.29) is 12.3 Å². The second-order valence-electron chi connectivity index (χ2n) is 8.19. The zero-order valence-corrected chi connectivity index (χ0v) is 19.7. The van der Waals surface area contributed by atoms with Crippen molar-refractivity contribution in [2.24, 2.45) is 13.0 Å². The highest BCUT2D eigenvalue weighted by Gasteiger charge is 2.43. The van der Waals surface area contributed by atoms with Gasteiger partial charge in [-0.25, -0.2) is 0 Å². The Morgan fingerprint density at radius 3 is 2.53 bits per heavy atom. The number of hydrogen-bond donors (Lipinski definition) is 1. The fourth-order valence-corrected chi connectivity index (χ4v) is 4.98. The van der Waals surface area contributed by atoms with Gasteiger partial charge < -0.3 is 14.2 Å². The van der Waals surface area contributed by atoms with E-state index in [2.05, 4.69) is 5.32 Å². The third-order valence-corrected chi connectivity index (χ3v) is 6.76. The number of nitrogens with one attached hydrogen (secondary N) is 1. The lowest BCUT2D eigenvalue weighted by molar-refractivity contribution is -0.154. The van der Waals surface area contributed by atoms with Crippen LogP contribution in [0.15, 0.2) is 60.1 Å². The Hall–Kier alpha value is -3.72. The molecule has 1 aromatic carbocycles. The van der Waals surface area contributed by atoms with Gasteiger partial charge in [0.15, 0.2) is 6.61 Å². The molecule has 3 amide bonds. The van der Waals surface area contributed by atoms with Crippen LogP contribution in [-0.4, -0.2) is 34.9 Å². The maximum absolute atomic E-state index is 13.1. The number of piperidine rings is 1. The number of aryl methyl sites for hydroxylation is 2. The quantitative estimate of drug-likeness (QED) is 0.547. The molecule has 2 unspecified atom stereocenters. The van der Waals surface area contributed by atoms with E-state index >= 15 is 0 Å². The molecule has 0 radical (unpaired) electrons. The number of amides is 3. The first-order valence-electron chi connectivity index (χ1n) is 10.9. The van der Waals surface area contributed by atoms with Crippen LogP contribution in [0.2, 0.25) is 0 Å². The van der Waals surface area contributed by atoms with Crippen LogP contribution in [0.3, 0.4) is 0 Å². The van der Waals surface area contributed by atoms with E-state index in [0.717, 1.165) is 10.4 Å². The fraction of sp³-hybridized carbons (Fsp3) is 0.280. The highest BCUT2D eigenvalue weighted by atomic mass is 32.1. The summed E-state index contributed by atoms with van der Waals surface area (Å²) < 4.78 is 6.90. The number of benzene rings is 1. The number of esters is 1. The first-order valence-corrected chi connectivity index (χ1v) is 11.8. The molecule has 0 spiro atoms. The number of carbonyl (C=O) groups excluding carboxylic acids is 4. The maximum Gasteiger partial charge on any atom is 0.311 e. The molecule has 4 rings (SSSR count). The molecule has 0 aliphatic carbocycles. The predicted molar refractivity (Wildman–Crippen MR) is 127 cm³/mol. The molecule has 0 bridgehead atoms. The zero-order valence-electron chi connectivity index (χ0n) is 18.9. The number of aromatic nitrogens is 1. The maximum atomic E-state index is 13.1. The molecule has 34 heavy (non-hydrogen) atoms. The Balaban J connectivity index is 1.49. The van der Waals surface area contributed by atoms with Crippen molar-refractivity contribution in [3.8, 4) is 0 Å². The third-order valence-electron chi connectivity index (χ3n) is 5.82.